The highest BCUT2D eigenvalue weighted by molar-refractivity contribution is 5.92. The first-order chi connectivity index (χ1) is 21.3. The molecule has 2 aliphatic heterocycles. The minimum atomic E-state index is -1.01. The van der Waals surface area contributed by atoms with Crippen molar-refractivity contribution in [3.8, 4) is 11.5 Å². The Morgan fingerprint density at radius 1 is 0.932 bits per heavy atom. The molecule has 44 heavy (non-hydrogen) atoms. The summed E-state index contributed by atoms with van der Waals surface area (Å²) in [5.74, 6) is 0.123. The van der Waals surface area contributed by atoms with Crippen molar-refractivity contribution in [1.29, 1.82) is 0 Å². The number of rotatable bonds is 11. The summed E-state index contributed by atoms with van der Waals surface area (Å²) < 4.78 is 24.3. The topological polar surface area (TPSA) is 127 Å². The van der Waals surface area contributed by atoms with Crippen LogP contribution < -0.4 is 14.8 Å². The Labute approximate surface area is 257 Å². The molecular weight excluding hydrogens is 564 g/mol. The number of nitrogens with zero attached hydrogens (tertiary/aromatic N) is 1. The lowest BCUT2D eigenvalue weighted by atomic mass is 9.89. The van der Waals surface area contributed by atoms with Gasteiger partial charge in [0.25, 0.3) is 0 Å². The summed E-state index contributed by atoms with van der Waals surface area (Å²) >= 11 is 0. The molecule has 234 valence electrons. The van der Waals surface area contributed by atoms with Gasteiger partial charge >= 0.3 is 5.97 Å². The highest BCUT2D eigenvalue weighted by atomic mass is 16.7. The van der Waals surface area contributed by atoms with Crippen LogP contribution >= 0.6 is 0 Å². The van der Waals surface area contributed by atoms with Crippen molar-refractivity contribution in [3.63, 3.8) is 0 Å². The number of aliphatic carboxylic acids is 1. The molecule has 1 amide bonds. The fourth-order valence-corrected chi connectivity index (χ4v) is 5.85. The van der Waals surface area contributed by atoms with E-state index >= 15 is 0 Å². The van der Waals surface area contributed by atoms with E-state index in [0.29, 0.717) is 12.2 Å². The molecule has 10 heteroatoms. The lowest BCUT2D eigenvalue weighted by molar-refractivity contribution is -0.276. The predicted octanol–water partition coefficient (Wildman–Crippen LogP) is 4.85. The van der Waals surface area contributed by atoms with Gasteiger partial charge in [0, 0.05) is 43.2 Å². The Hall–Kier alpha value is -3.96. The first kappa shape index (κ1) is 31.5. The predicted molar refractivity (Wildman–Crippen MR) is 163 cm³/mol. The van der Waals surface area contributed by atoms with E-state index in [2.05, 4.69) is 29.3 Å². The third kappa shape index (κ3) is 7.39. The molecule has 0 bridgehead atoms. The second-order valence-corrected chi connectivity index (χ2v) is 11.3. The molecule has 0 saturated carbocycles. The summed E-state index contributed by atoms with van der Waals surface area (Å²) in [5.41, 5.74) is 5.69. The Morgan fingerprint density at radius 2 is 1.59 bits per heavy atom. The van der Waals surface area contributed by atoms with Gasteiger partial charge < -0.3 is 34.5 Å². The van der Waals surface area contributed by atoms with Gasteiger partial charge in [-0.3, -0.25) is 14.5 Å². The molecule has 2 heterocycles. The Balaban J connectivity index is 1.34. The summed E-state index contributed by atoms with van der Waals surface area (Å²) in [6.45, 7) is 4.47. The Morgan fingerprint density at radius 3 is 2.23 bits per heavy atom. The molecule has 0 radical (unpaired) electrons. The van der Waals surface area contributed by atoms with E-state index < -0.39 is 12.3 Å². The standard InChI is InChI=1S/C34H40N2O8/c1-21-30(19-36-15-14-25-16-28(41-2)29(42-3)17-26(25)18-36)43-34(44-33(21)23-6-4-22(20-37)5-7-23)24-8-10-27(11-9-24)35-31(38)12-13-32(39)40/h4-11,16-17,21,30,33-34,37H,12-15,18-20H2,1-3H3,(H,35,38)(H,39,40)/t21-,30+,33+,34+/m0/s1. The van der Waals surface area contributed by atoms with Crippen LogP contribution in [0.15, 0.2) is 60.7 Å². The molecule has 3 aromatic carbocycles. The summed E-state index contributed by atoms with van der Waals surface area (Å²) in [7, 11) is 3.30. The van der Waals surface area contributed by atoms with E-state index in [4.69, 9.17) is 24.1 Å². The largest absolute Gasteiger partial charge is 0.493 e. The number of anilines is 1. The molecule has 2 aliphatic rings. The fraction of sp³-hybridized carbons (Fsp3) is 0.412. The molecule has 1 fully saturated rings. The smallest absolute Gasteiger partial charge is 0.303 e. The first-order valence-corrected chi connectivity index (χ1v) is 14.9. The summed E-state index contributed by atoms with van der Waals surface area (Å²) in [6, 6.07) is 19.2. The number of nitrogens with one attached hydrogen (secondary N) is 1. The number of hydrogen-bond donors (Lipinski definition) is 3. The zero-order valence-electron chi connectivity index (χ0n) is 25.3. The van der Waals surface area contributed by atoms with Crippen LogP contribution in [0.25, 0.3) is 0 Å². The molecule has 0 unspecified atom stereocenters. The van der Waals surface area contributed by atoms with Gasteiger partial charge in [0.05, 0.1) is 39.5 Å². The van der Waals surface area contributed by atoms with Crippen molar-refractivity contribution in [2.45, 2.75) is 57.8 Å². The van der Waals surface area contributed by atoms with Crippen LogP contribution in [-0.2, 0) is 38.6 Å². The summed E-state index contributed by atoms with van der Waals surface area (Å²) in [5, 5.41) is 21.1. The van der Waals surface area contributed by atoms with E-state index in [1.807, 2.05) is 36.4 Å². The molecule has 3 N–H and O–H groups in total. The SMILES string of the molecule is COc1cc2c(cc1OC)CN(C[C@H]1O[C@@H](c3ccc(NC(=O)CCC(=O)O)cc3)O[C@@H](c3ccc(CO)cc3)[C@H]1C)CC2. The highest BCUT2D eigenvalue weighted by Crippen LogP contribution is 2.42. The number of hydrogen-bond acceptors (Lipinski definition) is 8. The molecule has 1 saturated heterocycles. The number of fused-ring (bicyclic) bond motifs is 1. The van der Waals surface area contributed by atoms with E-state index in [9.17, 15) is 14.7 Å². The van der Waals surface area contributed by atoms with Crippen molar-refractivity contribution in [3.05, 3.63) is 88.5 Å². The van der Waals surface area contributed by atoms with Gasteiger partial charge in [-0.05, 0) is 52.9 Å². The monoisotopic (exact) mass is 604 g/mol. The molecule has 5 rings (SSSR count). The van der Waals surface area contributed by atoms with Gasteiger partial charge in [0.2, 0.25) is 5.91 Å². The van der Waals surface area contributed by atoms with Gasteiger partial charge in [0.15, 0.2) is 17.8 Å². The number of aliphatic hydroxyl groups excluding tert-OH is 1. The number of carboxylic acids is 1. The zero-order chi connectivity index (χ0) is 31.2. The number of benzene rings is 3. The number of carbonyl (C=O) groups is 2. The third-order valence-corrected chi connectivity index (χ3v) is 8.39. The van der Waals surface area contributed by atoms with Crippen LogP contribution in [-0.4, -0.2) is 60.4 Å². The van der Waals surface area contributed by atoms with E-state index in [0.717, 1.165) is 47.7 Å². The van der Waals surface area contributed by atoms with Gasteiger partial charge in [-0.25, -0.2) is 0 Å². The van der Waals surface area contributed by atoms with Gasteiger partial charge in [-0.15, -0.1) is 0 Å². The second kappa shape index (κ2) is 14.2. The normalized spacial score (nSPS) is 21.7. The van der Waals surface area contributed by atoms with Gasteiger partial charge in [-0.1, -0.05) is 43.3 Å². The summed E-state index contributed by atoms with van der Waals surface area (Å²) in [6.07, 6.45) is -0.460. The summed E-state index contributed by atoms with van der Waals surface area (Å²) in [4.78, 5) is 25.3. The minimum absolute atomic E-state index is 0.0258. The highest BCUT2D eigenvalue weighted by Gasteiger charge is 2.39. The average molecular weight is 605 g/mol. The van der Waals surface area contributed by atoms with Crippen molar-refractivity contribution >= 4 is 17.6 Å². The molecule has 0 spiro atoms. The first-order valence-electron chi connectivity index (χ1n) is 14.9. The van der Waals surface area contributed by atoms with Crippen molar-refractivity contribution < 1.29 is 38.7 Å². The Kier molecular flexibility index (Phi) is 10.2. The lowest BCUT2D eigenvalue weighted by Gasteiger charge is -2.43. The lowest BCUT2D eigenvalue weighted by Crippen LogP contribution is -2.45. The maximum absolute atomic E-state index is 12.1. The molecule has 4 atom stereocenters. The molecule has 10 nitrogen and oxygen atoms in total. The second-order valence-electron chi connectivity index (χ2n) is 11.3. The van der Waals surface area contributed by atoms with Gasteiger partial charge in [0.1, 0.15) is 0 Å². The minimum Gasteiger partial charge on any atom is -0.493 e. The van der Waals surface area contributed by atoms with Crippen molar-refractivity contribution in [2.24, 2.45) is 5.92 Å². The van der Waals surface area contributed by atoms with Gasteiger partial charge in [-0.2, -0.15) is 0 Å². The average Bonchev–Trinajstić information content (AvgIpc) is 3.04. The molecule has 0 aromatic heterocycles. The number of aliphatic hydroxyl groups is 1. The van der Waals surface area contributed by atoms with E-state index in [1.54, 1.807) is 26.4 Å². The number of carboxylic acid groups (broad SMARTS) is 1. The van der Waals surface area contributed by atoms with Crippen molar-refractivity contribution in [2.75, 3.05) is 32.6 Å². The Bertz CT molecular complexity index is 1440. The van der Waals surface area contributed by atoms with E-state index in [1.165, 1.54) is 11.1 Å². The number of ether oxygens (including phenoxy) is 4. The zero-order valence-corrected chi connectivity index (χ0v) is 25.3. The number of methoxy groups -OCH3 is 2. The van der Waals surface area contributed by atoms with Crippen LogP contribution in [0.2, 0.25) is 0 Å². The quantitative estimate of drug-likeness (QED) is 0.282. The van der Waals surface area contributed by atoms with Crippen molar-refractivity contribution in [1.82, 2.24) is 4.90 Å². The molecule has 0 aliphatic carbocycles. The van der Waals surface area contributed by atoms with Crippen LogP contribution in [0, 0.1) is 5.92 Å². The maximum atomic E-state index is 12.1. The van der Waals surface area contributed by atoms with Crippen LogP contribution in [0.1, 0.15) is 60.0 Å². The molecular formula is C34H40N2O8. The van der Waals surface area contributed by atoms with E-state index in [-0.39, 0.29) is 43.5 Å². The third-order valence-electron chi connectivity index (χ3n) is 8.39. The van der Waals surface area contributed by atoms with Crippen LogP contribution in [0.3, 0.4) is 0 Å². The number of amides is 1. The maximum Gasteiger partial charge on any atom is 0.303 e. The fourth-order valence-electron chi connectivity index (χ4n) is 5.85. The van der Waals surface area contributed by atoms with Crippen LogP contribution in [0.4, 0.5) is 5.69 Å². The number of carbonyl (C=O) groups excluding carboxylic acids is 1. The van der Waals surface area contributed by atoms with Crippen LogP contribution in [0.5, 0.6) is 11.5 Å². The molecule has 3 aromatic rings.